The standard InChI is InChI=1S/C11H16N/c1-2-6-11(9-12)10-7-4-3-5-8-10/h3-5,7-8,11H,1-2,6,9,12H2. The van der Waals surface area contributed by atoms with Gasteiger partial charge in [0.25, 0.3) is 0 Å². The molecule has 0 aromatic heterocycles. The Morgan fingerprint density at radius 1 is 1.25 bits per heavy atom. The first-order chi connectivity index (χ1) is 5.88. The highest BCUT2D eigenvalue weighted by Gasteiger charge is 2.06. The molecule has 65 valence electrons. The van der Waals surface area contributed by atoms with Crippen LogP contribution in [0.3, 0.4) is 0 Å². The van der Waals surface area contributed by atoms with E-state index in [2.05, 4.69) is 31.2 Å². The van der Waals surface area contributed by atoms with Crippen LogP contribution in [0.15, 0.2) is 30.3 Å². The molecule has 2 N–H and O–H groups in total. The monoisotopic (exact) mass is 162 g/mol. The van der Waals surface area contributed by atoms with Gasteiger partial charge in [-0.05, 0) is 24.4 Å². The predicted molar refractivity (Wildman–Crippen MR) is 52.8 cm³/mol. The largest absolute Gasteiger partial charge is 0.330 e. The van der Waals surface area contributed by atoms with Crippen molar-refractivity contribution in [2.75, 3.05) is 6.54 Å². The van der Waals surface area contributed by atoms with E-state index in [0.29, 0.717) is 5.92 Å². The van der Waals surface area contributed by atoms with Gasteiger partial charge >= 0.3 is 0 Å². The van der Waals surface area contributed by atoms with E-state index in [1.165, 1.54) is 5.56 Å². The zero-order valence-electron chi connectivity index (χ0n) is 7.37. The lowest BCUT2D eigenvalue weighted by molar-refractivity contribution is 0.641. The Labute approximate surface area is 74.6 Å². The Balaban J connectivity index is 2.66. The molecule has 1 atom stereocenters. The summed E-state index contributed by atoms with van der Waals surface area (Å²) in [6, 6.07) is 10.4. The van der Waals surface area contributed by atoms with E-state index in [0.717, 1.165) is 19.4 Å². The second kappa shape index (κ2) is 4.94. The Hall–Kier alpha value is -0.820. The number of hydrogen-bond acceptors (Lipinski definition) is 1. The molecular formula is C11H16N. The van der Waals surface area contributed by atoms with Gasteiger partial charge in [-0.25, -0.2) is 0 Å². The quantitative estimate of drug-likeness (QED) is 0.722. The lowest BCUT2D eigenvalue weighted by Crippen LogP contribution is -2.11. The molecule has 0 aliphatic carbocycles. The molecule has 12 heavy (non-hydrogen) atoms. The SMILES string of the molecule is [CH2]CCC(CN)c1ccccc1. The fourth-order valence-corrected chi connectivity index (χ4v) is 1.39. The van der Waals surface area contributed by atoms with Crippen molar-refractivity contribution in [2.24, 2.45) is 5.73 Å². The maximum Gasteiger partial charge on any atom is -0.000824 e. The highest BCUT2D eigenvalue weighted by atomic mass is 14.5. The highest BCUT2D eigenvalue weighted by molar-refractivity contribution is 5.19. The molecule has 1 unspecified atom stereocenters. The minimum absolute atomic E-state index is 0.490. The Bertz CT molecular complexity index is 206. The molecule has 1 rings (SSSR count). The van der Waals surface area contributed by atoms with Crippen molar-refractivity contribution in [3.8, 4) is 0 Å². The number of benzene rings is 1. The zero-order valence-corrected chi connectivity index (χ0v) is 7.37. The van der Waals surface area contributed by atoms with E-state index >= 15 is 0 Å². The Morgan fingerprint density at radius 3 is 2.42 bits per heavy atom. The fraction of sp³-hybridized carbons (Fsp3) is 0.364. The number of hydrogen-bond donors (Lipinski definition) is 1. The summed E-state index contributed by atoms with van der Waals surface area (Å²) in [5.74, 6) is 0.490. The minimum Gasteiger partial charge on any atom is -0.330 e. The molecule has 0 saturated heterocycles. The van der Waals surface area contributed by atoms with E-state index in [4.69, 9.17) is 5.73 Å². The summed E-state index contributed by atoms with van der Waals surface area (Å²) in [5.41, 5.74) is 7.00. The van der Waals surface area contributed by atoms with Crippen LogP contribution in [-0.2, 0) is 0 Å². The van der Waals surface area contributed by atoms with Crippen molar-refractivity contribution < 1.29 is 0 Å². The van der Waals surface area contributed by atoms with Crippen LogP contribution < -0.4 is 5.73 Å². The summed E-state index contributed by atoms with van der Waals surface area (Å²) in [6.07, 6.45) is 2.04. The first-order valence-electron chi connectivity index (χ1n) is 4.42. The summed E-state index contributed by atoms with van der Waals surface area (Å²) in [5, 5.41) is 0. The minimum atomic E-state index is 0.490. The van der Waals surface area contributed by atoms with Crippen LogP contribution in [0, 0.1) is 6.92 Å². The molecule has 0 aliphatic heterocycles. The van der Waals surface area contributed by atoms with Gasteiger partial charge in [0.2, 0.25) is 0 Å². The summed E-state index contributed by atoms with van der Waals surface area (Å²) in [6.45, 7) is 4.57. The van der Waals surface area contributed by atoms with Crippen LogP contribution in [0.25, 0.3) is 0 Å². The molecule has 0 spiro atoms. The summed E-state index contributed by atoms with van der Waals surface area (Å²) >= 11 is 0. The van der Waals surface area contributed by atoms with Crippen LogP contribution in [0.1, 0.15) is 24.3 Å². The first kappa shape index (κ1) is 9.27. The second-order valence-corrected chi connectivity index (χ2v) is 2.99. The van der Waals surface area contributed by atoms with Crippen molar-refractivity contribution in [2.45, 2.75) is 18.8 Å². The van der Waals surface area contributed by atoms with Crippen LogP contribution in [0.2, 0.25) is 0 Å². The lowest BCUT2D eigenvalue weighted by Gasteiger charge is -2.13. The van der Waals surface area contributed by atoms with Crippen LogP contribution in [0.5, 0.6) is 0 Å². The van der Waals surface area contributed by atoms with Crippen LogP contribution in [0.4, 0.5) is 0 Å². The fourth-order valence-electron chi connectivity index (χ4n) is 1.39. The van der Waals surface area contributed by atoms with Gasteiger partial charge in [0, 0.05) is 0 Å². The number of rotatable bonds is 4. The molecule has 1 radical (unpaired) electrons. The third-order valence-electron chi connectivity index (χ3n) is 2.11. The summed E-state index contributed by atoms with van der Waals surface area (Å²) in [7, 11) is 0. The molecule has 0 fully saturated rings. The zero-order chi connectivity index (χ0) is 8.81. The maximum absolute atomic E-state index is 5.66. The molecule has 0 heterocycles. The lowest BCUT2D eigenvalue weighted by atomic mass is 9.95. The summed E-state index contributed by atoms with van der Waals surface area (Å²) < 4.78 is 0. The van der Waals surface area contributed by atoms with Gasteiger partial charge in [-0.1, -0.05) is 43.7 Å². The molecule has 0 aliphatic rings. The van der Waals surface area contributed by atoms with Gasteiger partial charge in [0.05, 0.1) is 0 Å². The molecule has 1 aromatic rings. The smallest absolute Gasteiger partial charge is 0.000824 e. The van der Waals surface area contributed by atoms with Gasteiger partial charge in [-0.15, -0.1) is 0 Å². The molecule has 0 bridgehead atoms. The topological polar surface area (TPSA) is 26.0 Å². The molecular weight excluding hydrogens is 146 g/mol. The van der Waals surface area contributed by atoms with Crippen LogP contribution in [-0.4, -0.2) is 6.54 Å². The molecule has 1 aromatic carbocycles. The van der Waals surface area contributed by atoms with E-state index in [1.54, 1.807) is 0 Å². The van der Waals surface area contributed by atoms with Gasteiger partial charge in [0.1, 0.15) is 0 Å². The Kier molecular flexibility index (Phi) is 3.81. The average Bonchev–Trinajstić information content (AvgIpc) is 2.15. The summed E-state index contributed by atoms with van der Waals surface area (Å²) in [4.78, 5) is 0. The van der Waals surface area contributed by atoms with Crippen molar-refractivity contribution >= 4 is 0 Å². The molecule has 1 nitrogen and oxygen atoms in total. The second-order valence-electron chi connectivity index (χ2n) is 2.99. The molecule has 0 saturated carbocycles. The maximum atomic E-state index is 5.66. The molecule has 0 amide bonds. The highest BCUT2D eigenvalue weighted by Crippen LogP contribution is 2.18. The third-order valence-corrected chi connectivity index (χ3v) is 2.11. The van der Waals surface area contributed by atoms with Crippen molar-refractivity contribution in [1.29, 1.82) is 0 Å². The van der Waals surface area contributed by atoms with E-state index < -0.39 is 0 Å². The number of nitrogens with two attached hydrogens (primary N) is 1. The van der Waals surface area contributed by atoms with Gasteiger partial charge in [0.15, 0.2) is 0 Å². The first-order valence-corrected chi connectivity index (χ1v) is 4.42. The van der Waals surface area contributed by atoms with E-state index in [1.807, 2.05) is 6.07 Å². The van der Waals surface area contributed by atoms with E-state index in [9.17, 15) is 0 Å². The van der Waals surface area contributed by atoms with Gasteiger partial charge < -0.3 is 5.73 Å². The van der Waals surface area contributed by atoms with Crippen LogP contribution >= 0.6 is 0 Å². The van der Waals surface area contributed by atoms with Gasteiger partial charge in [-0.2, -0.15) is 0 Å². The van der Waals surface area contributed by atoms with Crippen molar-refractivity contribution in [1.82, 2.24) is 0 Å². The van der Waals surface area contributed by atoms with Crippen molar-refractivity contribution in [3.05, 3.63) is 42.8 Å². The molecule has 1 heteroatoms. The normalized spacial score (nSPS) is 12.8. The van der Waals surface area contributed by atoms with E-state index in [-0.39, 0.29) is 0 Å². The van der Waals surface area contributed by atoms with Crippen molar-refractivity contribution in [3.63, 3.8) is 0 Å². The Morgan fingerprint density at radius 2 is 1.92 bits per heavy atom. The average molecular weight is 162 g/mol. The predicted octanol–water partition coefficient (Wildman–Crippen LogP) is 2.34. The van der Waals surface area contributed by atoms with Gasteiger partial charge in [-0.3, -0.25) is 0 Å². The third kappa shape index (κ3) is 2.35.